The maximum Gasteiger partial charge on any atom is 0.279 e. The average molecular weight is 225 g/mol. The number of aliphatic carboxylic acids is 1. The van der Waals surface area contributed by atoms with Gasteiger partial charge >= 0.3 is 0 Å². The number of carbonyl (C=O) groups is 1. The Labute approximate surface area is 88.4 Å². The van der Waals surface area contributed by atoms with Crippen LogP contribution in [-0.4, -0.2) is 15.8 Å². The topological polar surface area (TPSA) is 126 Å². The highest BCUT2D eigenvalue weighted by molar-refractivity contribution is 5.70. The number of carbonyl (C=O) groups excluding carboxylic acids is 1. The van der Waals surface area contributed by atoms with Crippen LogP contribution >= 0.6 is 0 Å². The van der Waals surface area contributed by atoms with Gasteiger partial charge < -0.3 is 9.90 Å². The van der Waals surface area contributed by atoms with E-state index in [1.54, 1.807) is 0 Å². The van der Waals surface area contributed by atoms with E-state index >= 15 is 0 Å². The molecule has 0 fully saturated rings. The van der Waals surface area contributed by atoms with E-state index in [2.05, 4.69) is 0 Å². The minimum atomic E-state index is -1.49. The van der Waals surface area contributed by atoms with Gasteiger partial charge in [0, 0.05) is 24.0 Å². The zero-order valence-electron chi connectivity index (χ0n) is 7.78. The third kappa shape index (κ3) is 2.50. The van der Waals surface area contributed by atoms with Gasteiger partial charge in [0.25, 0.3) is 11.4 Å². The summed E-state index contributed by atoms with van der Waals surface area (Å²) >= 11 is 0. The van der Waals surface area contributed by atoms with E-state index in [1.165, 1.54) is 0 Å². The summed E-state index contributed by atoms with van der Waals surface area (Å²) in [6.45, 7) is 0. The molecule has 16 heavy (non-hydrogen) atoms. The van der Waals surface area contributed by atoms with Crippen molar-refractivity contribution in [1.29, 1.82) is 0 Å². The monoisotopic (exact) mass is 225 g/mol. The Morgan fingerprint density at radius 1 is 1.19 bits per heavy atom. The summed E-state index contributed by atoms with van der Waals surface area (Å²) in [5.74, 6) is -1.49. The fourth-order valence-electron chi connectivity index (χ4n) is 1.14. The predicted octanol–water partition coefficient (Wildman–Crippen LogP) is -0.205. The molecular formula is C8H5N2O6-. The molecule has 1 aromatic rings. The summed E-state index contributed by atoms with van der Waals surface area (Å²) in [6, 6.07) is 2.76. The zero-order chi connectivity index (χ0) is 12.3. The lowest BCUT2D eigenvalue weighted by molar-refractivity contribution is -0.394. The minimum absolute atomic E-state index is 0.129. The van der Waals surface area contributed by atoms with Crippen LogP contribution in [0.15, 0.2) is 18.2 Å². The van der Waals surface area contributed by atoms with E-state index in [0.717, 1.165) is 18.2 Å². The van der Waals surface area contributed by atoms with Gasteiger partial charge in [0.1, 0.15) is 0 Å². The lowest BCUT2D eigenvalue weighted by atomic mass is 10.1. The molecule has 0 aliphatic rings. The van der Waals surface area contributed by atoms with Gasteiger partial charge in [-0.2, -0.15) is 0 Å². The molecule has 8 nitrogen and oxygen atoms in total. The van der Waals surface area contributed by atoms with Crippen LogP contribution in [-0.2, 0) is 11.2 Å². The number of rotatable bonds is 4. The van der Waals surface area contributed by atoms with Crippen LogP contribution in [0.3, 0.4) is 0 Å². The van der Waals surface area contributed by atoms with Crippen LogP contribution in [0.1, 0.15) is 5.56 Å². The van der Waals surface area contributed by atoms with Gasteiger partial charge in [-0.25, -0.2) is 0 Å². The molecule has 8 heteroatoms. The fraction of sp³-hybridized carbons (Fsp3) is 0.125. The van der Waals surface area contributed by atoms with E-state index < -0.39 is 33.6 Å². The van der Waals surface area contributed by atoms with Crippen molar-refractivity contribution in [1.82, 2.24) is 0 Å². The highest BCUT2D eigenvalue weighted by Gasteiger charge is 2.18. The Kier molecular flexibility index (Phi) is 3.14. The minimum Gasteiger partial charge on any atom is -0.550 e. The summed E-state index contributed by atoms with van der Waals surface area (Å²) in [7, 11) is 0. The van der Waals surface area contributed by atoms with Gasteiger partial charge in [-0.05, 0) is 6.07 Å². The number of hydrogen-bond acceptors (Lipinski definition) is 6. The number of benzene rings is 1. The number of nitro groups is 2. The standard InChI is InChI=1S/C8H6N2O6/c11-8(12)3-5-1-2-6(9(13)14)4-7(5)10(15)16/h1-2,4H,3H2,(H,11,12)/p-1. The summed E-state index contributed by atoms with van der Waals surface area (Å²) < 4.78 is 0. The molecule has 0 bridgehead atoms. The summed E-state index contributed by atoms with van der Waals surface area (Å²) in [4.78, 5) is 29.5. The van der Waals surface area contributed by atoms with Crippen LogP contribution in [0, 0.1) is 20.2 Å². The molecule has 84 valence electrons. The van der Waals surface area contributed by atoms with E-state index in [9.17, 15) is 30.1 Å². The second-order valence-electron chi connectivity index (χ2n) is 2.88. The van der Waals surface area contributed by atoms with E-state index in [1.807, 2.05) is 0 Å². The summed E-state index contributed by atoms with van der Waals surface area (Å²) in [6.07, 6.45) is -0.658. The van der Waals surface area contributed by atoms with Gasteiger partial charge in [0.15, 0.2) is 0 Å². The van der Waals surface area contributed by atoms with Gasteiger partial charge in [-0.1, -0.05) is 0 Å². The van der Waals surface area contributed by atoms with Crippen LogP contribution in [0.5, 0.6) is 0 Å². The Morgan fingerprint density at radius 3 is 2.25 bits per heavy atom. The molecule has 0 aliphatic heterocycles. The normalized spacial score (nSPS) is 9.75. The van der Waals surface area contributed by atoms with E-state index in [4.69, 9.17) is 0 Å². The SMILES string of the molecule is O=C([O-])Cc1ccc([N+](=O)[O-])cc1[N+](=O)[O-]. The van der Waals surface area contributed by atoms with Gasteiger partial charge in [0.05, 0.1) is 15.9 Å². The molecule has 1 rings (SSSR count). The number of carboxylic acids is 1. The Balaban J connectivity index is 3.24. The lowest BCUT2D eigenvalue weighted by Crippen LogP contribution is -2.24. The van der Waals surface area contributed by atoms with Crippen molar-refractivity contribution >= 4 is 17.3 Å². The predicted molar refractivity (Wildman–Crippen MR) is 48.5 cm³/mol. The van der Waals surface area contributed by atoms with Gasteiger partial charge in [-0.3, -0.25) is 20.2 Å². The molecular weight excluding hydrogens is 220 g/mol. The summed E-state index contributed by atoms with van der Waals surface area (Å²) in [5, 5.41) is 31.2. The molecule has 0 atom stereocenters. The molecule has 0 amide bonds. The Morgan fingerprint density at radius 2 is 1.81 bits per heavy atom. The van der Waals surface area contributed by atoms with Crippen molar-refractivity contribution in [3.8, 4) is 0 Å². The van der Waals surface area contributed by atoms with Crippen LogP contribution in [0.25, 0.3) is 0 Å². The van der Waals surface area contributed by atoms with E-state index in [-0.39, 0.29) is 5.56 Å². The number of nitro benzene ring substituents is 2. The average Bonchev–Trinajstić information content (AvgIpc) is 2.16. The molecule has 0 aromatic heterocycles. The number of nitrogens with zero attached hydrogens (tertiary/aromatic N) is 2. The molecule has 1 aromatic carbocycles. The molecule has 0 N–H and O–H groups in total. The maximum atomic E-state index is 10.5. The van der Waals surface area contributed by atoms with Crippen molar-refractivity contribution < 1.29 is 19.7 Å². The first kappa shape index (κ1) is 11.6. The molecule has 0 radical (unpaired) electrons. The first-order valence-corrected chi connectivity index (χ1v) is 4.03. The second-order valence-corrected chi connectivity index (χ2v) is 2.88. The largest absolute Gasteiger partial charge is 0.550 e. The summed E-state index contributed by atoms with van der Waals surface area (Å²) in [5.41, 5.74) is -1.19. The number of non-ortho nitro benzene ring substituents is 1. The maximum absolute atomic E-state index is 10.5. The van der Waals surface area contributed by atoms with Crippen molar-refractivity contribution in [3.05, 3.63) is 44.0 Å². The Hall–Kier alpha value is -2.51. The molecule has 0 unspecified atom stereocenters. The third-order valence-corrected chi connectivity index (χ3v) is 1.81. The molecule has 0 aliphatic carbocycles. The number of hydrogen-bond donors (Lipinski definition) is 0. The van der Waals surface area contributed by atoms with Crippen molar-refractivity contribution in [3.63, 3.8) is 0 Å². The zero-order valence-corrected chi connectivity index (χ0v) is 7.78. The van der Waals surface area contributed by atoms with Crippen LogP contribution < -0.4 is 5.11 Å². The van der Waals surface area contributed by atoms with Crippen LogP contribution in [0.2, 0.25) is 0 Å². The highest BCUT2D eigenvalue weighted by atomic mass is 16.6. The number of carboxylic acid groups (broad SMARTS) is 1. The van der Waals surface area contributed by atoms with Crippen molar-refractivity contribution in [2.24, 2.45) is 0 Å². The first-order chi connectivity index (χ1) is 7.41. The molecule has 0 spiro atoms. The quantitative estimate of drug-likeness (QED) is 0.515. The Bertz CT molecular complexity index is 470. The smallest absolute Gasteiger partial charge is 0.279 e. The first-order valence-electron chi connectivity index (χ1n) is 4.03. The molecule has 0 saturated heterocycles. The van der Waals surface area contributed by atoms with E-state index in [0.29, 0.717) is 0 Å². The van der Waals surface area contributed by atoms with Gasteiger partial charge in [-0.15, -0.1) is 0 Å². The van der Waals surface area contributed by atoms with Gasteiger partial charge in [0.2, 0.25) is 0 Å². The highest BCUT2D eigenvalue weighted by Crippen LogP contribution is 2.24. The molecule has 0 heterocycles. The molecule has 0 saturated carbocycles. The fourth-order valence-corrected chi connectivity index (χ4v) is 1.14. The van der Waals surface area contributed by atoms with Crippen molar-refractivity contribution in [2.45, 2.75) is 6.42 Å². The van der Waals surface area contributed by atoms with Crippen LogP contribution in [0.4, 0.5) is 11.4 Å². The van der Waals surface area contributed by atoms with Crippen molar-refractivity contribution in [2.75, 3.05) is 0 Å². The second kappa shape index (κ2) is 4.34. The lowest BCUT2D eigenvalue weighted by Gasteiger charge is -2.03. The third-order valence-electron chi connectivity index (χ3n) is 1.81.